The Morgan fingerprint density at radius 2 is 0.975 bits per heavy atom. The molecule has 40 heavy (non-hydrogen) atoms. The van der Waals surface area contributed by atoms with Crippen LogP contribution in [-0.2, 0) is 9.59 Å². The Labute approximate surface area is 245 Å². The molecule has 0 aliphatic carbocycles. The molecule has 2 aliphatic heterocycles. The first-order valence-corrected chi connectivity index (χ1v) is 12.5. The summed E-state index contributed by atoms with van der Waals surface area (Å²) >= 11 is 0. The van der Waals surface area contributed by atoms with Crippen LogP contribution in [0.4, 0.5) is 11.4 Å². The molecule has 0 spiro atoms. The number of anilines is 2. The van der Waals surface area contributed by atoms with Crippen molar-refractivity contribution < 1.29 is 9.59 Å². The molecule has 0 atom stereocenters. The number of amides is 2. The zero-order valence-electron chi connectivity index (χ0n) is 21.6. The number of halogens is 2. The molecule has 2 amide bonds. The van der Waals surface area contributed by atoms with Crippen molar-refractivity contribution in [3.63, 3.8) is 0 Å². The van der Waals surface area contributed by atoms with Crippen molar-refractivity contribution >= 4 is 71.8 Å². The number of hydrogen-bond donors (Lipinski definition) is 4. The van der Waals surface area contributed by atoms with Crippen molar-refractivity contribution in [3.05, 3.63) is 107 Å². The lowest BCUT2D eigenvalue weighted by Crippen LogP contribution is -2.19. The molecule has 2 aliphatic rings. The number of benzene rings is 3. The average Bonchev–Trinajstić information content (AvgIpc) is 3.68. The van der Waals surface area contributed by atoms with Gasteiger partial charge in [0.2, 0.25) is 11.8 Å². The van der Waals surface area contributed by atoms with E-state index in [-0.39, 0.29) is 36.6 Å². The van der Waals surface area contributed by atoms with E-state index in [0.717, 1.165) is 71.5 Å². The molecule has 4 N–H and O–H groups in total. The number of hydrogen-bond acceptors (Lipinski definition) is 6. The van der Waals surface area contributed by atoms with Gasteiger partial charge in [-0.25, -0.2) is 0 Å². The smallest absolute Gasteiger partial charge is 0.248 e. The number of carbonyl (C=O) groups excluding carboxylic acids is 2. The van der Waals surface area contributed by atoms with E-state index in [1.165, 1.54) is 12.2 Å². The number of carbonyl (C=O) groups is 2. The predicted octanol–water partition coefficient (Wildman–Crippen LogP) is 4.53. The third-order valence-electron chi connectivity index (χ3n) is 5.99. The van der Waals surface area contributed by atoms with Crippen molar-refractivity contribution in [1.29, 1.82) is 0 Å². The largest absolute Gasteiger partial charge is 0.368 e. The van der Waals surface area contributed by atoms with Crippen molar-refractivity contribution in [2.75, 3.05) is 36.8 Å². The zero-order valence-corrected chi connectivity index (χ0v) is 23.2. The highest BCUT2D eigenvalue weighted by molar-refractivity contribution is 6.04. The Balaban J connectivity index is 0.00000220. The normalized spacial score (nSPS) is 13.9. The van der Waals surface area contributed by atoms with Crippen LogP contribution in [-0.4, -0.2) is 49.7 Å². The highest BCUT2D eigenvalue weighted by atomic mass is 35.5. The topological polar surface area (TPSA) is 107 Å². The SMILES string of the molecule is Cl.Cl.O=C(/C=C\c1ccc(/C=C\C(=O)Nc2ccc(C3=NCCN3)cc2)cc1)Nc1ccc(C2=NCCN2)cc1. The van der Waals surface area contributed by atoms with Gasteiger partial charge in [-0.15, -0.1) is 24.8 Å². The van der Waals surface area contributed by atoms with Crippen LogP contribution in [0.15, 0.2) is 94.9 Å². The van der Waals surface area contributed by atoms with Gasteiger partial charge < -0.3 is 21.3 Å². The fourth-order valence-electron chi connectivity index (χ4n) is 4.04. The van der Waals surface area contributed by atoms with E-state index in [4.69, 9.17) is 0 Å². The number of nitrogens with zero attached hydrogens (tertiary/aromatic N) is 2. The molecule has 5 rings (SSSR count). The van der Waals surface area contributed by atoms with E-state index in [1.807, 2.05) is 72.8 Å². The van der Waals surface area contributed by atoms with Gasteiger partial charge in [-0.2, -0.15) is 0 Å². The first-order valence-electron chi connectivity index (χ1n) is 12.5. The second-order valence-corrected chi connectivity index (χ2v) is 8.78. The van der Waals surface area contributed by atoms with Crippen LogP contribution in [0.1, 0.15) is 22.3 Å². The Kier molecular flexibility index (Phi) is 11.1. The van der Waals surface area contributed by atoms with Crippen molar-refractivity contribution in [2.24, 2.45) is 9.98 Å². The zero-order chi connectivity index (χ0) is 26.2. The van der Waals surface area contributed by atoms with Gasteiger partial charge in [-0.1, -0.05) is 24.3 Å². The Bertz CT molecular complexity index is 1320. The molecular weight excluding hydrogens is 547 g/mol. The number of amidine groups is 2. The molecule has 3 aromatic carbocycles. The molecule has 0 radical (unpaired) electrons. The third-order valence-corrected chi connectivity index (χ3v) is 5.99. The summed E-state index contributed by atoms with van der Waals surface area (Å²) in [6, 6.07) is 22.7. The maximum absolute atomic E-state index is 12.3. The molecule has 0 fully saturated rings. The number of rotatable bonds is 8. The number of aliphatic imine (C=N–C) groups is 2. The Morgan fingerprint density at radius 1 is 0.600 bits per heavy atom. The summed E-state index contributed by atoms with van der Waals surface area (Å²) in [4.78, 5) is 33.4. The second kappa shape index (κ2) is 14.7. The first kappa shape index (κ1) is 30.1. The minimum atomic E-state index is -0.213. The summed E-state index contributed by atoms with van der Waals surface area (Å²) in [6.45, 7) is 3.29. The molecule has 0 saturated carbocycles. The van der Waals surface area contributed by atoms with Crippen LogP contribution in [0, 0.1) is 0 Å². The molecule has 3 aromatic rings. The molecule has 2 heterocycles. The van der Waals surface area contributed by atoms with Gasteiger partial charge in [0.15, 0.2) is 0 Å². The molecule has 10 heteroatoms. The summed E-state index contributed by atoms with van der Waals surface area (Å²) in [5.41, 5.74) is 5.20. The lowest BCUT2D eigenvalue weighted by molar-refractivity contribution is -0.112. The summed E-state index contributed by atoms with van der Waals surface area (Å²) in [5, 5.41) is 12.2. The molecule has 206 valence electrons. The fourth-order valence-corrected chi connectivity index (χ4v) is 4.04. The standard InChI is InChI=1S/C30H28N6O2.2ClH/c37-27(35-25-11-7-23(8-12-25)29-31-17-18-32-29)15-5-21-1-2-22(4-3-21)6-16-28(38)36-26-13-9-24(10-14-26)30-33-19-20-34-30;;/h1-16H,17-20H2,(H,31,32)(H,33,34)(H,35,37)(H,36,38);2*1H/b15-5-,16-6-;;. The van der Waals surface area contributed by atoms with E-state index in [2.05, 4.69) is 31.3 Å². The summed E-state index contributed by atoms with van der Waals surface area (Å²) in [6.07, 6.45) is 6.49. The third kappa shape index (κ3) is 8.30. The van der Waals surface area contributed by atoms with Crippen LogP contribution >= 0.6 is 24.8 Å². The van der Waals surface area contributed by atoms with Gasteiger partial charge in [0.05, 0.1) is 13.1 Å². The van der Waals surface area contributed by atoms with Crippen molar-refractivity contribution in [1.82, 2.24) is 10.6 Å². The van der Waals surface area contributed by atoms with Crippen molar-refractivity contribution in [2.45, 2.75) is 0 Å². The van der Waals surface area contributed by atoms with Crippen LogP contribution in [0.2, 0.25) is 0 Å². The van der Waals surface area contributed by atoms with Crippen molar-refractivity contribution in [3.8, 4) is 0 Å². The quantitative estimate of drug-likeness (QED) is 0.295. The van der Waals surface area contributed by atoms with Gasteiger partial charge in [0.1, 0.15) is 11.7 Å². The molecule has 0 unspecified atom stereocenters. The second-order valence-electron chi connectivity index (χ2n) is 8.78. The minimum absolute atomic E-state index is 0. The fraction of sp³-hybridized carbons (Fsp3) is 0.133. The van der Waals surface area contributed by atoms with Gasteiger partial charge in [-0.3, -0.25) is 19.6 Å². The van der Waals surface area contributed by atoms with Gasteiger partial charge in [0.25, 0.3) is 0 Å². The molecule has 0 bridgehead atoms. The van der Waals surface area contributed by atoms with Gasteiger partial charge >= 0.3 is 0 Å². The molecule has 0 saturated heterocycles. The number of nitrogens with one attached hydrogen (secondary N) is 4. The highest BCUT2D eigenvalue weighted by Crippen LogP contribution is 2.14. The van der Waals surface area contributed by atoms with Gasteiger partial charge in [0, 0.05) is 47.7 Å². The van der Waals surface area contributed by atoms with E-state index < -0.39 is 0 Å². The molecular formula is C30H30Cl2N6O2. The minimum Gasteiger partial charge on any atom is -0.368 e. The summed E-state index contributed by atoms with van der Waals surface area (Å²) in [7, 11) is 0. The molecule has 8 nitrogen and oxygen atoms in total. The highest BCUT2D eigenvalue weighted by Gasteiger charge is 2.09. The van der Waals surface area contributed by atoms with E-state index in [0.29, 0.717) is 0 Å². The lowest BCUT2D eigenvalue weighted by atomic mass is 10.1. The van der Waals surface area contributed by atoms with Crippen LogP contribution in [0.3, 0.4) is 0 Å². The Hall–Kier alpha value is -4.40. The monoisotopic (exact) mass is 576 g/mol. The van der Waals surface area contributed by atoms with Crippen LogP contribution in [0.5, 0.6) is 0 Å². The summed E-state index contributed by atoms with van der Waals surface area (Å²) in [5.74, 6) is 1.35. The molecule has 0 aromatic heterocycles. The van der Waals surface area contributed by atoms with Crippen LogP contribution < -0.4 is 21.3 Å². The van der Waals surface area contributed by atoms with Crippen LogP contribution in [0.25, 0.3) is 12.2 Å². The maximum Gasteiger partial charge on any atom is 0.248 e. The van der Waals surface area contributed by atoms with Gasteiger partial charge in [-0.05, 0) is 71.8 Å². The Morgan fingerprint density at radius 3 is 1.30 bits per heavy atom. The van der Waals surface area contributed by atoms with E-state index >= 15 is 0 Å². The lowest BCUT2D eigenvalue weighted by Gasteiger charge is -2.05. The average molecular weight is 578 g/mol. The van der Waals surface area contributed by atoms with E-state index in [1.54, 1.807) is 12.2 Å². The summed E-state index contributed by atoms with van der Waals surface area (Å²) < 4.78 is 0. The first-order chi connectivity index (χ1) is 18.6. The van der Waals surface area contributed by atoms with E-state index in [9.17, 15) is 9.59 Å². The maximum atomic E-state index is 12.3. The predicted molar refractivity (Wildman–Crippen MR) is 168 cm³/mol.